The number of nitrogens with one attached hydrogen (secondary N) is 1. The van der Waals surface area contributed by atoms with Gasteiger partial charge in [-0.15, -0.1) is 0 Å². The molecular formula is C23H20N2O5S. The van der Waals surface area contributed by atoms with E-state index in [0.29, 0.717) is 29.3 Å². The lowest BCUT2D eigenvalue weighted by Gasteiger charge is -2.24. The van der Waals surface area contributed by atoms with E-state index in [1.807, 2.05) is 31.2 Å². The first-order valence-electron chi connectivity index (χ1n) is 9.87. The van der Waals surface area contributed by atoms with Crippen molar-refractivity contribution in [2.45, 2.75) is 24.3 Å². The summed E-state index contributed by atoms with van der Waals surface area (Å²) < 4.78 is 38.9. The lowest BCUT2D eigenvalue weighted by molar-refractivity contribution is 0.102. The van der Waals surface area contributed by atoms with E-state index < -0.39 is 15.9 Å². The van der Waals surface area contributed by atoms with E-state index >= 15 is 0 Å². The molecule has 0 saturated carbocycles. The molecule has 3 aromatic rings. The number of carbonyl (C=O) groups excluding carboxylic acids is 1. The number of rotatable bonds is 4. The van der Waals surface area contributed by atoms with Crippen LogP contribution in [-0.4, -0.2) is 27.2 Å². The number of ether oxygens (including phenoxy) is 2. The summed E-state index contributed by atoms with van der Waals surface area (Å²) in [6, 6.07) is 18.5. The van der Waals surface area contributed by atoms with E-state index in [-0.39, 0.29) is 23.3 Å². The van der Waals surface area contributed by atoms with Gasteiger partial charge in [-0.3, -0.25) is 9.10 Å². The number of nitrogens with zero attached hydrogens (tertiary/aromatic N) is 1. The van der Waals surface area contributed by atoms with Crippen molar-refractivity contribution < 1.29 is 22.7 Å². The molecule has 7 nitrogen and oxygen atoms in total. The highest BCUT2D eigenvalue weighted by Gasteiger charge is 2.36. The van der Waals surface area contributed by atoms with Gasteiger partial charge in [-0.2, -0.15) is 0 Å². The van der Waals surface area contributed by atoms with Crippen molar-refractivity contribution >= 4 is 27.3 Å². The molecule has 0 unspecified atom stereocenters. The van der Waals surface area contributed by atoms with E-state index in [0.717, 1.165) is 5.56 Å². The lowest BCUT2D eigenvalue weighted by atomic mass is 10.1. The maximum Gasteiger partial charge on any atom is 0.264 e. The van der Waals surface area contributed by atoms with Crippen LogP contribution >= 0.6 is 0 Å². The summed E-state index contributed by atoms with van der Waals surface area (Å²) in [7, 11) is -3.82. The molecule has 0 fully saturated rings. The van der Waals surface area contributed by atoms with E-state index in [2.05, 4.69) is 5.32 Å². The third-order valence-corrected chi connectivity index (χ3v) is 7.35. The van der Waals surface area contributed by atoms with Gasteiger partial charge in [0.05, 0.1) is 10.6 Å². The second-order valence-electron chi connectivity index (χ2n) is 7.53. The molecular weight excluding hydrogens is 416 g/mol. The maximum atomic E-state index is 13.4. The van der Waals surface area contributed by atoms with Crippen molar-refractivity contribution in [3.8, 4) is 11.5 Å². The van der Waals surface area contributed by atoms with Crippen LogP contribution in [0.15, 0.2) is 71.6 Å². The molecule has 0 radical (unpaired) electrons. The Morgan fingerprint density at radius 3 is 2.68 bits per heavy atom. The minimum Gasteiger partial charge on any atom is -0.454 e. The van der Waals surface area contributed by atoms with Crippen molar-refractivity contribution in [1.82, 2.24) is 0 Å². The summed E-state index contributed by atoms with van der Waals surface area (Å²) in [4.78, 5) is 12.9. The zero-order valence-corrected chi connectivity index (χ0v) is 17.6. The summed E-state index contributed by atoms with van der Waals surface area (Å²) in [5, 5.41) is 2.78. The summed E-state index contributed by atoms with van der Waals surface area (Å²) in [6.45, 7) is 2.03. The average molecular weight is 436 g/mol. The molecule has 0 saturated heterocycles. The third kappa shape index (κ3) is 3.38. The van der Waals surface area contributed by atoms with Crippen LogP contribution in [0.2, 0.25) is 0 Å². The van der Waals surface area contributed by atoms with Crippen LogP contribution in [0.25, 0.3) is 0 Å². The molecule has 0 aliphatic carbocycles. The number of amides is 1. The van der Waals surface area contributed by atoms with E-state index in [1.54, 1.807) is 30.3 Å². The predicted molar refractivity (Wildman–Crippen MR) is 116 cm³/mol. The summed E-state index contributed by atoms with van der Waals surface area (Å²) in [6.07, 6.45) is 0.652. The van der Waals surface area contributed by atoms with E-state index in [4.69, 9.17) is 9.47 Å². The van der Waals surface area contributed by atoms with Crippen LogP contribution in [-0.2, 0) is 16.4 Å². The summed E-state index contributed by atoms with van der Waals surface area (Å²) >= 11 is 0. The van der Waals surface area contributed by atoms with E-state index in [9.17, 15) is 13.2 Å². The number of hydrogen-bond donors (Lipinski definition) is 1. The van der Waals surface area contributed by atoms with Crippen molar-refractivity contribution in [3.63, 3.8) is 0 Å². The van der Waals surface area contributed by atoms with Crippen LogP contribution < -0.4 is 19.1 Å². The lowest BCUT2D eigenvalue weighted by Crippen LogP contribution is -2.35. The molecule has 8 heteroatoms. The summed E-state index contributed by atoms with van der Waals surface area (Å²) in [5.41, 5.74) is 2.46. The van der Waals surface area contributed by atoms with Gasteiger partial charge >= 0.3 is 0 Å². The topological polar surface area (TPSA) is 84.9 Å². The van der Waals surface area contributed by atoms with Gasteiger partial charge in [-0.25, -0.2) is 8.42 Å². The molecule has 0 spiro atoms. The Morgan fingerprint density at radius 1 is 1.00 bits per heavy atom. The SMILES string of the molecule is C[C@@H]1Cc2ccccc2N1S(=O)(=O)c1cccc(C(=O)Nc2ccc3c(c2)OCO3)c1. The quantitative estimate of drug-likeness (QED) is 0.672. The minimum absolute atomic E-state index is 0.0781. The molecule has 158 valence electrons. The molecule has 2 aliphatic rings. The van der Waals surface area contributed by atoms with Crippen LogP contribution in [0, 0.1) is 0 Å². The monoisotopic (exact) mass is 436 g/mol. The second kappa shape index (κ2) is 7.31. The van der Waals surface area contributed by atoms with Gasteiger partial charge in [0, 0.05) is 23.4 Å². The minimum atomic E-state index is -3.82. The number of hydrogen-bond acceptors (Lipinski definition) is 5. The maximum absolute atomic E-state index is 13.4. The molecule has 31 heavy (non-hydrogen) atoms. The Kier molecular flexibility index (Phi) is 4.59. The molecule has 5 rings (SSSR count). The Hall–Kier alpha value is -3.52. The van der Waals surface area contributed by atoms with Crippen molar-refractivity contribution in [2.24, 2.45) is 0 Å². The molecule has 0 aromatic heterocycles. The predicted octanol–water partition coefficient (Wildman–Crippen LogP) is 3.81. The van der Waals surface area contributed by atoms with Gasteiger partial charge in [-0.05, 0) is 55.3 Å². The molecule has 2 aliphatic heterocycles. The van der Waals surface area contributed by atoms with Crippen molar-refractivity contribution in [3.05, 3.63) is 77.9 Å². The number of sulfonamides is 1. The average Bonchev–Trinajstić information content (AvgIpc) is 3.36. The zero-order chi connectivity index (χ0) is 21.6. The van der Waals surface area contributed by atoms with Gasteiger partial charge in [0.25, 0.3) is 15.9 Å². The van der Waals surface area contributed by atoms with Gasteiger partial charge in [0.2, 0.25) is 6.79 Å². The molecule has 1 N–H and O–H groups in total. The Labute approximate surface area is 180 Å². The normalized spacial score (nSPS) is 16.8. The largest absolute Gasteiger partial charge is 0.454 e. The zero-order valence-electron chi connectivity index (χ0n) is 16.7. The van der Waals surface area contributed by atoms with Gasteiger partial charge < -0.3 is 14.8 Å². The Bertz CT molecular complexity index is 1290. The van der Waals surface area contributed by atoms with Crippen LogP contribution in [0.1, 0.15) is 22.8 Å². The highest BCUT2D eigenvalue weighted by Crippen LogP contribution is 2.37. The first kappa shape index (κ1) is 19.4. The first-order chi connectivity index (χ1) is 14.9. The molecule has 1 atom stereocenters. The standard InChI is InChI=1S/C23H20N2O5S/c1-15-11-16-5-2-3-8-20(16)25(15)31(27,28)19-7-4-6-17(12-19)23(26)24-18-9-10-21-22(13-18)30-14-29-21/h2-10,12-13,15H,11,14H2,1H3,(H,24,26)/t15-/m1/s1. The Morgan fingerprint density at radius 2 is 1.81 bits per heavy atom. The molecule has 3 aromatic carbocycles. The smallest absolute Gasteiger partial charge is 0.264 e. The fourth-order valence-electron chi connectivity index (χ4n) is 3.99. The van der Waals surface area contributed by atoms with Gasteiger partial charge in [-0.1, -0.05) is 24.3 Å². The van der Waals surface area contributed by atoms with Gasteiger partial charge in [0.15, 0.2) is 11.5 Å². The fraction of sp³-hybridized carbons (Fsp3) is 0.174. The Balaban J connectivity index is 1.43. The summed E-state index contributed by atoms with van der Waals surface area (Å²) in [5.74, 6) is 0.757. The first-order valence-corrected chi connectivity index (χ1v) is 11.3. The van der Waals surface area contributed by atoms with Crippen LogP contribution in [0.3, 0.4) is 0 Å². The molecule has 1 amide bonds. The van der Waals surface area contributed by atoms with E-state index in [1.165, 1.54) is 16.4 Å². The number of anilines is 2. The molecule has 0 bridgehead atoms. The fourth-order valence-corrected chi connectivity index (χ4v) is 5.73. The van der Waals surface area contributed by atoms with Crippen molar-refractivity contribution in [2.75, 3.05) is 16.4 Å². The second-order valence-corrected chi connectivity index (χ2v) is 9.35. The van der Waals surface area contributed by atoms with Gasteiger partial charge in [0.1, 0.15) is 0 Å². The number of para-hydroxylation sites is 1. The molecule has 2 heterocycles. The van der Waals surface area contributed by atoms with Crippen molar-refractivity contribution in [1.29, 1.82) is 0 Å². The highest BCUT2D eigenvalue weighted by atomic mass is 32.2. The van der Waals surface area contributed by atoms with Crippen LogP contribution in [0.5, 0.6) is 11.5 Å². The van der Waals surface area contributed by atoms with Crippen LogP contribution in [0.4, 0.5) is 11.4 Å². The third-order valence-electron chi connectivity index (χ3n) is 5.43. The number of carbonyl (C=O) groups is 1. The number of fused-ring (bicyclic) bond motifs is 2. The number of benzene rings is 3. The highest BCUT2D eigenvalue weighted by molar-refractivity contribution is 7.92.